The van der Waals surface area contributed by atoms with E-state index in [9.17, 15) is 0 Å². The largest absolute Gasteiger partial charge is 0.365 e. The van der Waals surface area contributed by atoms with Gasteiger partial charge in [-0.2, -0.15) is 0 Å². The third-order valence-corrected chi connectivity index (χ3v) is 4.14. The zero-order valence-electron chi connectivity index (χ0n) is 13.4. The molecule has 4 aromatic rings. The van der Waals surface area contributed by atoms with Gasteiger partial charge in [0, 0.05) is 34.9 Å². The Morgan fingerprint density at radius 1 is 0.880 bits per heavy atom. The van der Waals surface area contributed by atoms with Crippen LogP contribution in [0.4, 0.5) is 5.82 Å². The highest BCUT2D eigenvalue weighted by atomic mass is 35.5. The number of hydrogen-bond donors (Lipinski definition) is 1. The summed E-state index contributed by atoms with van der Waals surface area (Å²) < 4.78 is 0. The number of para-hydroxylation sites is 1. The molecule has 0 radical (unpaired) electrons. The van der Waals surface area contributed by atoms with Gasteiger partial charge in [-0.1, -0.05) is 29.8 Å². The van der Waals surface area contributed by atoms with Gasteiger partial charge in [-0.05, 0) is 48.0 Å². The molecule has 0 amide bonds. The Kier molecular flexibility index (Phi) is 4.27. The number of halogens is 1. The van der Waals surface area contributed by atoms with E-state index in [1.54, 1.807) is 6.20 Å². The topological polar surface area (TPSA) is 50.7 Å². The van der Waals surface area contributed by atoms with E-state index in [2.05, 4.69) is 15.3 Å². The second kappa shape index (κ2) is 6.87. The van der Waals surface area contributed by atoms with Gasteiger partial charge in [0.2, 0.25) is 0 Å². The quantitative estimate of drug-likeness (QED) is 0.567. The number of nitrogens with zero attached hydrogens (tertiary/aromatic N) is 3. The first kappa shape index (κ1) is 15.5. The van der Waals surface area contributed by atoms with E-state index in [0.29, 0.717) is 17.4 Å². The number of rotatable bonds is 4. The Morgan fingerprint density at radius 3 is 2.52 bits per heavy atom. The van der Waals surface area contributed by atoms with Crippen LogP contribution >= 0.6 is 11.6 Å². The SMILES string of the molecule is Clc1ccc(-c2nc(NCc3cccnc3)c3ccccc3n2)cc1. The van der Waals surface area contributed by atoms with Crippen molar-refractivity contribution >= 4 is 28.3 Å². The van der Waals surface area contributed by atoms with Crippen molar-refractivity contribution in [2.24, 2.45) is 0 Å². The van der Waals surface area contributed by atoms with Crippen LogP contribution in [0.3, 0.4) is 0 Å². The number of benzene rings is 2. The highest BCUT2D eigenvalue weighted by molar-refractivity contribution is 6.30. The highest BCUT2D eigenvalue weighted by Gasteiger charge is 2.09. The molecule has 4 rings (SSSR count). The average Bonchev–Trinajstić information content (AvgIpc) is 2.67. The smallest absolute Gasteiger partial charge is 0.162 e. The van der Waals surface area contributed by atoms with Crippen LogP contribution in [-0.4, -0.2) is 15.0 Å². The van der Waals surface area contributed by atoms with Crippen LogP contribution in [0.15, 0.2) is 73.1 Å². The fourth-order valence-corrected chi connectivity index (χ4v) is 2.75. The molecule has 0 bridgehead atoms. The molecule has 0 fully saturated rings. The molecular weight excluding hydrogens is 332 g/mol. The minimum Gasteiger partial charge on any atom is -0.365 e. The second-order valence-corrected chi connectivity index (χ2v) is 6.07. The van der Waals surface area contributed by atoms with Crippen molar-refractivity contribution in [3.8, 4) is 11.4 Å². The number of pyridine rings is 1. The number of hydrogen-bond acceptors (Lipinski definition) is 4. The molecule has 122 valence electrons. The standard InChI is InChI=1S/C20H15ClN4/c21-16-9-7-15(8-10-16)19-24-18-6-2-1-5-17(18)20(25-19)23-13-14-4-3-11-22-12-14/h1-12H,13H2,(H,23,24,25). The first-order valence-corrected chi connectivity index (χ1v) is 8.33. The van der Waals surface area contributed by atoms with Gasteiger partial charge in [0.05, 0.1) is 5.52 Å². The summed E-state index contributed by atoms with van der Waals surface area (Å²) in [6.07, 6.45) is 3.61. The van der Waals surface area contributed by atoms with Crippen molar-refractivity contribution in [1.82, 2.24) is 15.0 Å². The number of nitrogens with one attached hydrogen (secondary N) is 1. The molecule has 0 aliphatic heterocycles. The Morgan fingerprint density at radius 2 is 1.72 bits per heavy atom. The highest BCUT2D eigenvalue weighted by Crippen LogP contribution is 2.26. The summed E-state index contributed by atoms with van der Waals surface area (Å²) in [5.41, 5.74) is 2.92. The molecule has 2 heterocycles. The molecular formula is C20H15ClN4. The van der Waals surface area contributed by atoms with E-state index >= 15 is 0 Å². The zero-order valence-corrected chi connectivity index (χ0v) is 14.1. The maximum absolute atomic E-state index is 5.98. The number of aromatic nitrogens is 3. The van der Waals surface area contributed by atoms with Gasteiger partial charge in [-0.25, -0.2) is 9.97 Å². The molecule has 0 aliphatic carbocycles. The van der Waals surface area contributed by atoms with Crippen molar-refractivity contribution in [2.75, 3.05) is 5.32 Å². The summed E-state index contributed by atoms with van der Waals surface area (Å²) in [6, 6.07) is 19.5. The number of fused-ring (bicyclic) bond motifs is 1. The van der Waals surface area contributed by atoms with E-state index in [1.807, 2.05) is 66.9 Å². The van der Waals surface area contributed by atoms with Crippen LogP contribution in [0.2, 0.25) is 5.02 Å². The van der Waals surface area contributed by atoms with Gasteiger partial charge >= 0.3 is 0 Å². The molecule has 0 atom stereocenters. The van der Waals surface area contributed by atoms with Gasteiger partial charge in [0.15, 0.2) is 5.82 Å². The van der Waals surface area contributed by atoms with Gasteiger partial charge in [0.25, 0.3) is 0 Å². The van der Waals surface area contributed by atoms with Crippen molar-refractivity contribution < 1.29 is 0 Å². The van der Waals surface area contributed by atoms with Gasteiger partial charge < -0.3 is 5.32 Å². The molecule has 0 spiro atoms. The maximum atomic E-state index is 5.98. The fourth-order valence-electron chi connectivity index (χ4n) is 2.63. The predicted molar refractivity (Wildman–Crippen MR) is 102 cm³/mol. The number of anilines is 1. The lowest BCUT2D eigenvalue weighted by molar-refractivity contribution is 1.08. The zero-order chi connectivity index (χ0) is 17.1. The lowest BCUT2D eigenvalue weighted by atomic mass is 10.2. The average molecular weight is 347 g/mol. The third kappa shape index (κ3) is 3.44. The predicted octanol–water partition coefficient (Wildman–Crippen LogP) is 4.96. The van der Waals surface area contributed by atoms with E-state index in [1.165, 1.54) is 0 Å². The minimum atomic E-state index is 0.648. The summed E-state index contributed by atoms with van der Waals surface area (Å²) >= 11 is 5.98. The van der Waals surface area contributed by atoms with Gasteiger partial charge in [-0.3, -0.25) is 4.98 Å². The van der Waals surface area contributed by atoms with Crippen molar-refractivity contribution in [3.05, 3.63) is 83.6 Å². The van der Waals surface area contributed by atoms with Crippen LogP contribution in [0.1, 0.15) is 5.56 Å². The summed E-state index contributed by atoms with van der Waals surface area (Å²) in [5.74, 6) is 1.48. The lowest BCUT2D eigenvalue weighted by Gasteiger charge is -2.11. The summed E-state index contributed by atoms with van der Waals surface area (Å²) in [7, 11) is 0. The van der Waals surface area contributed by atoms with Crippen molar-refractivity contribution in [3.63, 3.8) is 0 Å². The summed E-state index contributed by atoms with van der Waals surface area (Å²) in [5, 5.41) is 5.09. The molecule has 0 aliphatic rings. The van der Waals surface area contributed by atoms with Crippen LogP contribution in [0.25, 0.3) is 22.3 Å². The third-order valence-electron chi connectivity index (χ3n) is 3.89. The lowest BCUT2D eigenvalue weighted by Crippen LogP contribution is -2.04. The summed E-state index contributed by atoms with van der Waals surface area (Å²) in [4.78, 5) is 13.6. The molecule has 1 N–H and O–H groups in total. The van der Waals surface area contributed by atoms with Crippen molar-refractivity contribution in [1.29, 1.82) is 0 Å². The Balaban J connectivity index is 1.74. The van der Waals surface area contributed by atoms with E-state index < -0.39 is 0 Å². The van der Waals surface area contributed by atoms with Gasteiger partial charge in [0.1, 0.15) is 5.82 Å². The normalized spacial score (nSPS) is 10.8. The van der Waals surface area contributed by atoms with Crippen LogP contribution in [-0.2, 0) is 6.54 Å². The molecule has 0 unspecified atom stereocenters. The maximum Gasteiger partial charge on any atom is 0.162 e. The molecule has 25 heavy (non-hydrogen) atoms. The molecule has 0 saturated heterocycles. The molecule has 2 aromatic carbocycles. The Hall–Kier alpha value is -2.98. The summed E-state index contributed by atoms with van der Waals surface area (Å²) in [6.45, 7) is 0.648. The second-order valence-electron chi connectivity index (χ2n) is 5.63. The first-order valence-electron chi connectivity index (χ1n) is 7.95. The molecule has 4 nitrogen and oxygen atoms in total. The van der Waals surface area contributed by atoms with Crippen molar-refractivity contribution in [2.45, 2.75) is 6.54 Å². The molecule has 2 aromatic heterocycles. The monoisotopic (exact) mass is 346 g/mol. The van der Waals surface area contributed by atoms with Crippen LogP contribution in [0, 0.1) is 0 Å². The first-order chi connectivity index (χ1) is 12.3. The molecule has 5 heteroatoms. The Bertz CT molecular complexity index is 1000. The van der Waals surface area contributed by atoms with E-state index in [4.69, 9.17) is 16.6 Å². The molecule has 0 saturated carbocycles. The van der Waals surface area contributed by atoms with E-state index in [-0.39, 0.29) is 0 Å². The van der Waals surface area contributed by atoms with Crippen LogP contribution in [0.5, 0.6) is 0 Å². The van der Waals surface area contributed by atoms with Gasteiger partial charge in [-0.15, -0.1) is 0 Å². The fraction of sp³-hybridized carbons (Fsp3) is 0.0500. The Labute approximate surface area is 150 Å². The van der Waals surface area contributed by atoms with E-state index in [0.717, 1.165) is 27.8 Å². The minimum absolute atomic E-state index is 0.648. The van der Waals surface area contributed by atoms with Crippen LogP contribution < -0.4 is 5.32 Å².